The van der Waals surface area contributed by atoms with Crippen LogP contribution >= 0.6 is 11.6 Å². The van der Waals surface area contributed by atoms with Gasteiger partial charge in [0.05, 0.1) is 11.2 Å². The molecule has 0 saturated carbocycles. The van der Waals surface area contributed by atoms with Crippen molar-refractivity contribution in [2.24, 2.45) is 0 Å². The molecule has 0 atom stereocenters. The molecule has 2 aromatic heterocycles. The monoisotopic (exact) mass is 333 g/mol. The van der Waals surface area contributed by atoms with Gasteiger partial charge in [-0.25, -0.2) is 13.4 Å². The van der Waals surface area contributed by atoms with Crippen LogP contribution < -0.4 is 4.72 Å². The lowest BCUT2D eigenvalue weighted by atomic mass is 10.2. The predicted molar refractivity (Wildman–Crippen MR) is 86.5 cm³/mol. The maximum absolute atomic E-state index is 12.5. The van der Waals surface area contributed by atoms with Crippen molar-refractivity contribution in [2.75, 3.05) is 4.72 Å². The van der Waals surface area contributed by atoms with Crippen molar-refractivity contribution >= 4 is 38.2 Å². The highest BCUT2D eigenvalue weighted by Gasteiger charge is 2.20. The van der Waals surface area contributed by atoms with Crippen LogP contribution in [0.2, 0.25) is 5.15 Å². The van der Waals surface area contributed by atoms with Gasteiger partial charge in [0.2, 0.25) is 0 Å². The van der Waals surface area contributed by atoms with Gasteiger partial charge in [-0.2, -0.15) is 0 Å². The highest BCUT2D eigenvalue weighted by atomic mass is 35.5. The van der Waals surface area contributed by atoms with E-state index < -0.39 is 10.0 Å². The first-order chi connectivity index (χ1) is 10.5. The van der Waals surface area contributed by atoms with Gasteiger partial charge in [-0.3, -0.25) is 9.71 Å². The summed E-state index contributed by atoms with van der Waals surface area (Å²) in [7, 11) is -3.84. The molecule has 0 amide bonds. The summed E-state index contributed by atoms with van der Waals surface area (Å²) in [5, 5.41) is 0.788. The molecule has 3 rings (SSSR count). The minimum Gasteiger partial charge on any atom is -0.277 e. The van der Waals surface area contributed by atoms with E-state index in [2.05, 4.69) is 14.7 Å². The maximum Gasteiger partial charge on any atom is 0.265 e. The van der Waals surface area contributed by atoms with Gasteiger partial charge in [-0.15, -0.1) is 0 Å². The van der Waals surface area contributed by atoms with E-state index in [1.54, 1.807) is 37.4 Å². The first-order valence-electron chi connectivity index (χ1n) is 6.47. The van der Waals surface area contributed by atoms with Crippen LogP contribution in [0.5, 0.6) is 0 Å². The summed E-state index contributed by atoms with van der Waals surface area (Å²) in [5.74, 6) is 0. The fourth-order valence-electron chi connectivity index (χ4n) is 2.10. The summed E-state index contributed by atoms with van der Waals surface area (Å²) in [6, 6.07) is 12.0. The highest BCUT2D eigenvalue weighted by molar-refractivity contribution is 7.92. The van der Waals surface area contributed by atoms with Gasteiger partial charge < -0.3 is 0 Å². The second-order valence-electron chi connectivity index (χ2n) is 4.73. The Labute approximate surface area is 133 Å². The Hall–Kier alpha value is -2.18. The number of para-hydroxylation sites is 1. The second-order valence-corrected chi connectivity index (χ2v) is 6.74. The first kappa shape index (κ1) is 14.7. The minimum atomic E-state index is -3.84. The van der Waals surface area contributed by atoms with Crippen molar-refractivity contribution < 1.29 is 8.42 Å². The zero-order valence-corrected chi connectivity index (χ0v) is 13.2. The third kappa shape index (κ3) is 2.75. The Morgan fingerprint density at radius 2 is 1.86 bits per heavy atom. The van der Waals surface area contributed by atoms with Crippen LogP contribution in [-0.2, 0) is 10.0 Å². The van der Waals surface area contributed by atoms with Crippen molar-refractivity contribution in [2.45, 2.75) is 11.8 Å². The van der Waals surface area contributed by atoms with E-state index in [9.17, 15) is 8.42 Å². The average Bonchev–Trinajstić information content (AvgIpc) is 2.47. The standard InChI is InChI=1S/C15H12ClN3O2S/c1-10-7-8-13(15(16)18-10)22(20,21)19-12-6-2-4-11-5-3-9-17-14(11)12/h2-9,19H,1H3. The third-order valence-electron chi connectivity index (χ3n) is 3.12. The molecular formula is C15H12ClN3O2S. The number of halogens is 1. The Balaban J connectivity index is 2.07. The minimum absolute atomic E-state index is 0.0549. The lowest BCUT2D eigenvalue weighted by Gasteiger charge is -2.11. The molecule has 3 aromatic rings. The quantitative estimate of drug-likeness (QED) is 0.746. The first-order valence-corrected chi connectivity index (χ1v) is 8.33. The fourth-order valence-corrected chi connectivity index (χ4v) is 3.68. The van der Waals surface area contributed by atoms with E-state index in [-0.39, 0.29) is 10.0 Å². The van der Waals surface area contributed by atoms with Crippen molar-refractivity contribution in [3.8, 4) is 0 Å². The average molecular weight is 334 g/mol. The van der Waals surface area contributed by atoms with Gasteiger partial charge in [0.1, 0.15) is 10.0 Å². The van der Waals surface area contributed by atoms with E-state index in [4.69, 9.17) is 11.6 Å². The van der Waals surface area contributed by atoms with Crippen LogP contribution in [-0.4, -0.2) is 18.4 Å². The SMILES string of the molecule is Cc1ccc(S(=O)(=O)Nc2cccc3cccnc23)c(Cl)n1. The number of anilines is 1. The number of pyridine rings is 2. The largest absolute Gasteiger partial charge is 0.277 e. The van der Waals surface area contributed by atoms with E-state index >= 15 is 0 Å². The van der Waals surface area contributed by atoms with Gasteiger partial charge in [0, 0.05) is 17.3 Å². The van der Waals surface area contributed by atoms with Crippen LogP contribution in [0.3, 0.4) is 0 Å². The number of fused-ring (bicyclic) bond motifs is 1. The molecule has 0 spiro atoms. The molecule has 0 fully saturated rings. The molecule has 0 bridgehead atoms. The normalized spacial score (nSPS) is 11.5. The summed E-state index contributed by atoms with van der Waals surface area (Å²) in [6.07, 6.45) is 1.61. The molecule has 0 aliphatic carbocycles. The molecule has 0 aliphatic rings. The number of rotatable bonds is 3. The lowest BCUT2D eigenvalue weighted by molar-refractivity contribution is 0.601. The van der Waals surface area contributed by atoms with Gasteiger partial charge >= 0.3 is 0 Å². The number of aryl methyl sites for hydroxylation is 1. The molecule has 0 aliphatic heterocycles. The van der Waals surface area contributed by atoms with Crippen molar-refractivity contribution in [3.63, 3.8) is 0 Å². The van der Waals surface area contributed by atoms with Crippen molar-refractivity contribution in [3.05, 3.63) is 59.5 Å². The summed E-state index contributed by atoms with van der Waals surface area (Å²) < 4.78 is 27.6. The predicted octanol–water partition coefficient (Wildman–Crippen LogP) is 3.39. The Bertz CT molecular complexity index is 953. The Morgan fingerprint density at radius 1 is 1.09 bits per heavy atom. The fraction of sp³-hybridized carbons (Fsp3) is 0.0667. The van der Waals surface area contributed by atoms with Crippen LogP contribution in [0.15, 0.2) is 53.6 Å². The molecular weight excluding hydrogens is 322 g/mol. The number of aromatic nitrogens is 2. The molecule has 22 heavy (non-hydrogen) atoms. The zero-order valence-electron chi connectivity index (χ0n) is 11.6. The number of hydrogen-bond donors (Lipinski definition) is 1. The Kier molecular flexibility index (Phi) is 3.72. The van der Waals surface area contributed by atoms with Gasteiger partial charge in [-0.1, -0.05) is 29.8 Å². The van der Waals surface area contributed by atoms with E-state index in [0.29, 0.717) is 16.9 Å². The second kappa shape index (κ2) is 5.55. The summed E-state index contributed by atoms with van der Waals surface area (Å²) >= 11 is 5.95. The molecule has 2 heterocycles. The number of sulfonamides is 1. The van der Waals surface area contributed by atoms with Crippen LogP contribution in [0, 0.1) is 6.92 Å². The number of nitrogens with zero attached hydrogens (tertiary/aromatic N) is 2. The summed E-state index contributed by atoms with van der Waals surface area (Å²) in [5.41, 5.74) is 1.62. The topological polar surface area (TPSA) is 72.0 Å². The molecule has 7 heteroatoms. The maximum atomic E-state index is 12.5. The molecule has 112 valence electrons. The number of benzene rings is 1. The molecule has 1 aromatic carbocycles. The van der Waals surface area contributed by atoms with Gasteiger partial charge in [0.25, 0.3) is 10.0 Å². The molecule has 1 N–H and O–H groups in total. The molecule has 5 nitrogen and oxygen atoms in total. The molecule has 0 saturated heterocycles. The van der Waals surface area contributed by atoms with E-state index in [1.807, 2.05) is 12.1 Å². The molecule has 0 unspecified atom stereocenters. The molecule has 0 radical (unpaired) electrons. The zero-order chi connectivity index (χ0) is 15.7. The van der Waals surface area contributed by atoms with Crippen LogP contribution in [0.25, 0.3) is 10.9 Å². The van der Waals surface area contributed by atoms with E-state index in [1.165, 1.54) is 6.07 Å². The summed E-state index contributed by atoms with van der Waals surface area (Å²) in [6.45, 7) is 1.74. The van der Waals surface area contributed by atoms with Crippen molar-refractivity contribution in [1.82, 2.24) is 9.97 Å². The smallest absolute Gasteiger partial charge is 0.265 e. The van der Waals surface area contributed by atoms with Crippen LogP contribution in [0.1, 0.15) is 5.69 Å². The van der Waals surface area contributed by atoms with Gasteiger partial charge in [0.15, 0.2) is 0 Å². The van der Waals surface area contributed by atoms with E-state index in [0.717, 1.165) is 5.39 Å². The van der Waals surface area contributed by atoms with Crippen molar-refractivity contribution in [1.29, 1.82) is 0 Å². The lowest BCUT2D eigenvalue weighted by Crippen LogP contribution is -2.14. The number of nitrogens with one attached hydrogen (secondary N) is 1. The Morgan fingerprint density at radius 3 is 2.64 bits per heavy atom. The summed E-state index contributed by atoms with van der Waals surface area (Å²) in [4.78, 5) is 8.13. The third-order valence-corrected chi connectivity index (χ3v) is 4.92. The van der Waals surface area contributed by atoms with Crippen LogP contribution in [0.4, 0.5) is 5.69 Å². The number of hydrogen-bond acceptors (Lipinski definition) is 4. The van der Waals surface area contributed by atoms with Gasteiger partial charge in [-0.05, 0) is 31.2 Å². The highest BCUT2D eigenvalue weighted by Crippen LogP contribution is 2.26.